The predicted molar refractivity (Wildman–Crippen MR) is 57.9 cm³/mol. The summed E-state index contributed by atoms with van der Waals surface area (Å²) < 4.78 is 13.2. The maximum atomic E-state index is 13.2. The minimum atomic E-state index is -0.690. The van der Waals surface area contributed by atoms with E-state index in [0.29, 0.717) is 11.8 Å². The van der Waals surface area contributed by atoms with Gasteiger partial charge in [0.1, 0.15) is 6.17 Å². The van der Waals surface area contributed by atoms with E-state index in [4.69, 9.17) is 0 Å². The summed E-state index contributed by atoms with van der Waals surface area (Å²) in [6.07, 6.45) is 11.1. The van der Waals surface area contributed by atoms with Crippen LogP contribution >= 0.6 is 0 Å². The maximum absolute atomic E-state index is 13.2. The topological polar surface area (TPSA) is 0 Å². The maximum Gasteiger partial charge on any atom is 0.119 e. The number of hydrogen-bond donors (Lipinski definition) is 0. The molecule has 0 N–H and O–H groups in total. The second-order valence-corrected chi connectivity index (χ2v) is 4.74. The van der Waals surface area contributed by atoms with E-state index in [2.05, 4.69) is 13.0 Å². The zero-order chi connectivity index (χ0) is 9.97. The van der Waals surface area contributed by atoms with Crippen LogP contribution in [-0.2, 0) is 0 Å². The van der Waals surface area contributed by atoms with Gasteiger partial charge >= 0.3 is 0 Å². The smallest absolute Gasteiger partial charge is 0.119 e. The van der Waals surface area contributed by atoms with Crippen molar-refractivity contribution in [2.24, 2.45) is 11.8 Å². The van der Waals surface area contributed by atoms with Crippen molar-refractivity contribution in [3.63, 3.8) is 0 Å². The summed E-state index contributed by atoms with van der Waals surface area (Å²) in [7, 11) is 0. The molecule has 3 unspecified atom stereocenters. The normalized spacial score (nSPS) is 38.1. The highest BCUT2D eigenvalue weighted by molar-refractivity contribution is 5.09. The first-order valence-corrected chi connectivity index (χ1v) is 5.74. The molecule has 0 bridgehead atoms. The molecule has 0 fully saturated rings. The fourth-order valence-corrected chi connectivity index (χ4v) is 2.74. The van der Waals surface area contributed by atoms with Crippen molar-refractivity contribution in [3.8, 4) is 0 Å². The zero-order valence-corrected chi connectivity index (χ0v) is 8.88. The Balaban J connectivity index is 2.01. The van der Waals surface area contributed by atoms with Crippen LogP contribution in [0.5, 0.6) is 0 Å². The van der Waals surface area contributed by atoms with Crippen molar-refractivity contribution in [2.45, 2.75) is 45.2 Å². The summed E-state index contributed by atoms with van der Waals surface area (Å²) in [5, 5.41) is 0. The van der Waals surface area contributed by atoms with Crippen LogP contribution in [0.2, 0.25) is 0 Å². The molecular weight excluding hydrogens is 175 g/mol. The molecule has 0 saturated carbocycles. The van der Waals surface area contributed by atoms with Gasteiger partial charge in [0, 0.05) is 0 Å². The SMILES string of the molecule is CC1=CC(C2CC=CC(F)C2)CCC1. The molecule has 78 valence electrons. The lowest BCUT2D eigenvalue weighted by molar-refractivity contribution is 0.248. The van der Waals surface area contributed by atoms with Crippen molar-refractivity contribution < 1.29 is 4.39 Å². The van der Waals surface area contributed by atoms with Crippen LogP contribution in [-0.4, -0.2) is 6.17 Å². The van der Waals surface area contributed by atoms with Crippen molar-refractivity contribution in [2.75, 3.05) is 0 Å². The molecule has 3 atom stereocenters. The Labute approximate surface area is 85.9 Å². The van der Waals surface area contributed by atoms with Crippen LogP contribution in [0.15, 0.2) is 23.8 Å². The summed E-state index contributed by atoms with van der Waals surface area (Å²) in [6.45, 7) is 2.21. The molecule has 2 aliphatic carbocycles. The van der Waals surface area contributed by atoms with Crippen molar-refractivity contribution >= 4 is 0 Å². The predicted octanol–water partition coefficient (Wildman–Crippen LogP) is 4.04. The third-order valence-corrected chi connectivity index (χ3v) is 3.52. The van der Waals surface area contributed by atoms with Gasteiger partial charge in [-0.25, -0.2) is 4.39 Å². The fraction of sp³-hybridized carbons (Fsp3) is 0.692. The van der Waals surface area contributed by atoms with E-state index >= 15 is 0 Å². The lowest BCUT2D eigenvalue weighted by atomic mass is 9.76. The number of hydrogen-bond acceptors (Lipinski definition) is 0. The Morgan fingerprint density at radius 2 is 2.29 bits per heavy atom. The first-order valence-electron chi connectivity index (χ1n) is 5.74. The van der Waals surface area contributed by atoms with E-state index in [1.807, 2.05) is 6.08 Å². The van der Waals surface area contributed by atoms with Gasteiger partial charge in [-0.3, -0.25) is 0 Å². The third kappa shape index (κ3) is 2.26. The lowest BCUT2D eigenvalue weighted by Crippen LogP contribution is -2.21. The molecule has 1 heteroatoms. The quantitative estimate of drug-likeness (QED) is 0.553. The summed E-state index contributed by atoms with van der Waals surface area (Å²) in [5.74, 6) is 1.21. The highest BCUT2D eigenvalue weighted by Gasteiger charge is 2.25. The van der Waals surface area contributed by atoms with Gasteiger partial charge in [-0.15, -0.1) is 0 Å². The Bertz CT molecular complexity index is 252. The van der Waals surface area contributed by atoms with Crippen LogP contribution in [0, 0.1) is 11.8 Å². The molecule has 2 rings (SSSR count). The number of rotatable bonds is 1. The Hall–Kier alpha value is -0.590. The molecule has 0 radical (unpaired) electrons. The van der Waals surface area contributed by atoms with Crippen LogP contribution in [0.1, 0.15) is 39.0 Å². The third-order valence-electron chi connectivity index (χ3n) is 3.52. The van der Waals surface area contributed by atoms with Gasteiger partial charge < -0.3 is 0 Å². The monoisotopic (exact) mass is 194 g/mol. The van der Waals surface area contributed by atoms with E-state index in [-0.39, 0.29) is 0 Å². The molecule has 0 saturated heterocycles. The number of allylic oxidation sites excluding steroid dienone is 4. The van der Waals surface area contributed by atoms with Gasteiger partial charge in [-0.2, -0.15) is 0 Å². The molecule has 2 aliphatic rings. The highest BCUT2D eigenvalue weighted by atomic mass is 19.1. The van der Waals surface area contributed by atoms with Crippen molar-refractivity contribution in [1.29, 1.82) is 0 Å². The Kier molecular flexibility index (Phi) is 3.05. The molecule has 0 aromatic rings. The largest absolute Gasteiger partial charge is 0.243 e. The van der Waals surface area contributed by atoms with Gasteiger partial charge in [0.05, 0.1) is 0 Å². The number of halogens is 1. The van der Waals surface area contributed by atoms with Crippen molar-refractivity contribution in [3.05, 3.63) is 23.8 Å². The summed E-state index contributed by atoms with van der Waals surface area (Å²) in [6, 6.07) is 0. The van der Waals surface area contributed by atoms with E-state index in [0.717, 1.165) is 12.8 Å². The van der Waals surface area contributed by atoms with Gasteiger partial charge in [0.25, 0.3) is 0 Å². The van der Waals surface area contributed by atoms with Crippen LogP contribution in [0.4, 0.5) is 4.39 Å². The summed E-state index contributed by atoms with van der Waals surface area (Å²) in [5.41, 5.74) is 1.51. The fourth-order valence-electron chi connectivity index (χ4n) is 2.74. The second kappa shape index (κ2) is 4.29. The average Bonchev–Trinajstić information content (AvgIpc) is 2.18. The van der Waals surface area contributed by atoms with E-state index < -0.39 is 6.17 Å². The molecule has 14 heavy (non-hydrogen) atoms. The molecule has 0 heterocycles. The highest BCUT2D eigenvalue weighted by Crippen LogP contribution is 2.35. The van der Waals surface area contributed by atoms with Gasteiger partial charge in [0.15, 0.2) is 0 Å². The van der Waals surface area contributed by atoms with E-state index in [9.17, 15) is 4.39 Å². The Morgan fingerprint density at radius 3 is 3.00 bits per heavy atom. The van der Waals surface area contributed by atoms with Gasteiger partial charge in [0.2, 0.25) is 0 Å². The first-order chi connectivity index (χ1) is 6.75. The molecular formula is C13H19F. The van der Waals surface area contributed by atoms with Crippen LogP contribution in [0.3, 0.4) is 0 Å². The van der Waals surface area contributed by atoms with E-state index in [1.54, 1.807) is 6.08 Å². The summed E-state index contributed by atoms with van der Waals surface area (Å²) in [4.78, 5) is 0. The molecule has 0 amide bonds. The van der Waals surface area contributed by atoms with Gasteiger partial charge in [-0.1, -0.05) is 23.8 Å². The summed E-state index contributed by atoms with van der Waals surface area (Å²) >= 11 is 0. The second-order valence-electron chi connectivity index (χ2n) is 4.74. The van der Waals surface area contributed by atoms with Crippen molar-refractivity contribution in [1.82, 2.24) is 0 Å². The Morgan fingerprint density at radius 1 is 1.43 bits per heavy atom. The standard InChI is InChI=1S/C13H19F/c1-10-4-2-5-11(8-10)12-6-3-7-13(14)9-12/h3,7-8,11-13H,2,4-6,9H2,1H3. The molecule has 0 spiro atoms. The van der Waals surface area contributed by atoms with Crippen LogP contribution < -0.4 is 0 Å². The van der Waals surface area contributed by atoms with Gasteiger partial charge in [-0.05, 0) is 50.9 Å². The molecule has 0 aliphatic heterocycles. The van der Waals surface area contributed by atoms with E-state index in [1.165, 1.54) is 24.8 Å². The molecule has 0 aromatic carbocycles. The lowest BCUT2D eigenvalue weighted by Gasteiger charge is -2.30. The number of alkyl halides is 1. The first kappa shape index (κ1) is 9.95. The molecule has 0 aromatic heterocycles. The minimum absolute atomic E-state index is 0.560. The zero-order valence-electron chi connectivity index (χ0n) is 8.88. The average molecular weight is 194 g/mol. The van der Waals surface area contributed by atoms with Crippen LogP contribution in [0.25, 0.3) is 0 Å². The molecule has 0 nitrogen and oxygen atoms in total. The minimum Gasteiger partial charge on any atom is -0.243 e.